The minimum atomic E-state index is -4.35. The van der Waals surface area contributed by atoms with Crippen molar-refractivity contribution >= 4 is 22.4 Å². The van der Waals surface area contributed by atoms with Crippen molar-refractivity contribution in [3.8, 4) is 0 Å². The number of amides is 1. The largest absolute Gasteiger partial charge is 0.417 e. The zero-order chi connectivity index (χ0) is 21.4. The number of likely N-dealkylation sites (tertiary alicyclic amines) is 2. The predicted octanol–water partition coefficient (Wildman–Crippen LogP) is 3.61. The third-order valence-corrected chi connectivity index (χ3v) is 6.69. The van der Waals surface area contributed by atoms with Crippen LogP contribution in [0.25, 0.3) is 0 Å². The predicted molar refractivity (Wildman–Crippen MR) is 108 cm³/mol. The first kappa shape index (κ1) is 21.2. The smallest absolute Gasteiger partial charge is 0.302 e. The Morgan fingerprint density at radius 2 is 1.83 bits per heavy atom. The minimum Gasteiger partial charge on any atom is -0.302 e. The van der Waals surface area contributed by atoms with Crippen molar-refractivity contribution in [1.82, 2.24) is 19.8 Å². The van der Waals surface area contributed by atoms with Crippen LogP contribution in [0.1, 0.15) is 35.9 Å². The van der Waals surface area contributed by atoms with Crippen molar-refractivity contribution in [2.45, 2.75) is 39.0 Å². The third-order valence-electron chi connectivity index (χ3n) is 5.79. The quantitative estimate of drug-likeness (QED) is 0.771. The van der Waals surface area contributed by atoms with Gasteiger partial charge in [-0.2, -0.15) is 13.2 Å². The Bertz CT molecular complexity index is 901. The highest BCUT2D eigenvalue weighted by Gasteiger charge is 2.43. The number of carbonyl (C=O) groups is 1. The Hall–Kier alpha value is -2.04. The first-order valence-corrected chi connectivity index (χ1v) is 10.7. The molecule has 30 heavy (non-hydrogen) atoms. The number of alkyl halides is 3. The molecule has 1 spiro atoms. The monoisotopic (exact) mass is 439 g/mol. The van der Waals surface area contributed by atoms with Crippen LogP contribution in [-0.4, -0.2) is 51.9 Å². The summed E-state index contributed by atoms with van der Waals surface area (Å²) in [5.74, 6) is -0.121. The van der Waals surface area contributed by atoms with Gasteiger partial charge in [0.1, 0.15) is 0 Å². The molecule has 2 aromatic rings. The highest BCUT2D eigenvalue weighted by Crippen LogP contribution is 2.40. The molecule has 2 aliphatic heterocycles. The van der Waals surface area contributed by atoms with E-state index in [1.807, 2.05) is 6.20 Å². The summed E-state index contributed by atoms with van der Waals surface area (Å²) in [6.45, 7) is 6.75. The zero-order valence-corrected chi connectivity index (χ0v) is 17.5. The maximum Gasteiger partial charge on any atom is 0.417 e. The second-order valence-corrected chi connectivity index (χ2v) is 9.39. The lowest BCUT2D eigenvalue weighted by molar-refractivity contribution is -0.137. The lowest BCUT2D eigenvalue weighted by Gasteiger charge is -2.24. The average Bonchev–Trinajstić information content (AvgIpc) is 3.37. The van der Waals surface area contributed by atoms with Crippen molar-refractivity contribution < 1.29 is 18.0 Å². The number of aromatic nitrogens is 2. The van der Waals surface area contributed by atoms with E-state index in [1.165, 1.54) is 24.3 Å². The first-order chi connectivity index (χ1) is 14.2. The fourth-order valence-electron chi connectivity index (χ4n) is 4.38. The molecule has 2 saturated heterocycles. The standard InChI is InChI=1S/C20H24F3N5OS/c1-14(29)26-18-25-9-17(30-18)11-28-7-5-19(13-28)4-6-27(12-19)10-16-3-2-15(8-24-16)20(21,22)23/h2-3,8-9H,4-7,10-13H2,1H3,(H,25,26,29). The van der Waals surface area contributed by atoms with Gasteiger partial charge in [-0.15, -0.1) is 11.3 Å². The highest BCUT2D eigenvalue weighted by atomic mass is 32.1. The summed E-state index contributed by atoms with van der Waals surface area (Å²) < 4.78 is 38.1. The summed E-state index contributed by atoms with van der Waals surface area (Å²) >= 11 is 1.50. The molecule has 162 valence electrons. The van der Waals surface area contributed by atoms with Crippen molar-refractivity contribution in [3.63, 3.8) is 0 Å². The Kier molecular flexibility index (Phi) is 5.82. The molecule has 0 bridgehead atoms. The van der Waals surface area contributed by atoms with Gasteiger partial charge < -0.3 is 5.32 Å². The van der Waals surface area contributed by atoms with Crippen molar-refractivity contribution in [2.24, 2.45) is 5.41 Å². The number of carbonyl (C=O) groups excluding carboxylic acids is 1. The lowest BCUT2D eigenvalue weighted by Crippen LogP contribution is -2.30. The molecule has 2 fully saturated rings. The second-order valence-electron chi connectivity index (χ2n) is 8.27. The maximum absolute atomic E-state index is 12.7. The fourth-order valence-corrected chi connectivity index (χ4v) is 5.28. The van der Waals surface area contributed by atoms with Crippen LogP contribution in [0.3, 0.4) is 0 Å². The van der Waals surface area contributed by atoms with Crippen LogP contribution < -0.4 is 5.32 Å². The highest BCUT2D eigenvalue weighted by molar-refractivity contribution is 7.15. The van der Waals surface area contributed by atoms with E-state index in [0.717, 1.165) is 62.7 Å². The summed E-state index contributed by atoms with van der Waals surface area (Å²) in [6, 6.07) is 2.58. The molecule has 1 N–H and O–H groups in total. The van der Waals surface area contributed by atoms with Crippen LogP contribution in [-0.2, 0) is 24.1 Å². The van der Waals surface area contributed by atoms with E-state index >= 15 is 0 Å². The Balaban J connectivity index is 1.29. The van der Waals surface area contributed by atoms with Gasteiger partial charge in [-0.25, -0.2) is 4.98 Å². The third kappa shape index (κ3) is 4.98. The number of anilines is 1. The van der Waals surface area contributed by atoms with E-state index in [2.05, 4.69) is 25.1 Å². The number of pyridine rings is 1. The van der Waals surface area contributed by atoms with Gasteiger partial charge in [-0.3, -0.25) is 19.6 Å². The average molecular weight is 440 g/mol. The Morgan fingerprint density at radius 1 is 1.13 bits per heavy atom. The number of hydrogen-bond donors (Lipinski definition) is 1. The van der Waals surface area contributed by atoms with E-state index in [1.54, 1.807) is 0 Å². The van der Waals surface area contributed by atoms with Gasteiger partial charge in [0.15, 0.2) is 5.13 Å². The van der Waals surface area contributed by atoms with E-state index in [0.29, 0.717) is 17.4 Å². The maximum atomic E-state index is 12.7. The van der Waals surface area contributed by atoms with Crippen LogP contribution in [0.4, 0.5) is 18.3 Å². The first-order valence-electron chi connectivity index (χ1n) is 9.90. The van der Waals surface area contributed by atoms with Crippen LogP contribution in [0.15, 0.2) is 24.5 Å². The second kappa shape index (κ2) is 8.24. The van der Waals surface area contributed by atoms with Crippen molar-refractivity contribution in [1.29, 1.82) is 0 Å². The molecule has 1 amide bonds. The number of nitrogens with one attached hydrogen (secondary N) is 1. The Labute approximate surface area is 177 Å². The number of rotatable bonds is 5. The molecule has 0 radical (unpaired) electrons. The summed E-state index contributed by atoms with van der Waals surface area (Å²) in [5.41, 5.74) is 0.197. The number of thiazole rings is 1. The topological polar surface area (TPSA) is 61.4 Å². The molecular weight excluding hydrogens is 415 g/mol. The molecule has 0 aromatic carbocycles. The van der Waals surface area contributed by atoms with Crippen LogP contribution in [0, 0.1) is 5.41 Å². The van der Waals surface area contributed by atoms with E-state index < -0.39 is 11.7 Å². The number of halogens is 3. The van der Waals surface area contributed by atoms with Gasteiger partial charge in [0, 0.05) is 50.4 Å². The normalized spacial score (nSPS) is 22.8. The molecule has 1 unspecified atom stereocenters. The van der Waals surface area contributed by atoms with Gasteiger partial charge in [-0.1, -0.05) is 0 Å². The molecule has 10 heteroatoms. The molecule has 0 aliphatic carbocycles. The van der Waals surface area contributed by atoms with Gasteiger partial charge in [0.2, 0.25) is 5.91 Å². The lowest BCUT2D eigenvalue weighted by atomic mass is 9.86. The molecule has 4 rings (SSSR count). The van der Waals surface area contributed by atoms with Crippen LogP contribution in [0.5, 0.6) is 0 Å². The van der Waals surface area contributed by atoms with Gasteiger partial charge in [0.05, 0.1) is 11.3 Å². The summed E-state index contributed by atoms with van der Waals surface area (Å²) in [5, 5.41) is 3.34. The summed E-state index contributed by atoms with van der Waals surface area (Å²) in [7, 11) is 0. The molecular formula is C20H24F3N5OS. The molecule has 6 nitrogen and oxygen atoms in total. The molecule has 4 heterocycles. The van der Waals surface area contributed by atoms with Crippen molar-refractivity contribution in [3.05, 3.63) is 40.7 Å². The van der Waals surface area contributed by atoms with Crippen LogP contribution in [0.2, 0.25) is 0 Å². The van der Waals surface area contributed by atoms with Gasteiger partial charge in [-0.05, 0) is 43.5 Å². The molecule has 1 atom stereocenters. The van der Waals surface area contributed by atoms with E-state index in [-0.39, 0.29) is 11.3 Å². The van der Waals surface area contributed by atoms with Gasteiger partial charge >= 0.3 is 6.18 Å². The molecule has 0 saturated carbocycles. The van der Waals surface area contributed by atoms with Gasteiger partial charge in [0.25, 0.3) is 0 Å². The van der Waals surface area contributed by atoms with E-state index in [4.69, 9.17) is 0 Å². The van der Waals surface area contributed by atoms with Crippen molar-refractivity contribution in [2.75, 3.05) is 31.5 Å². The molecule has 2 aromatic heterocycles. The number of hydrogen-bond acceptors (Lipinski definition) is 6. The fraction of sp³-hybridized carbons (Fsp3) is 0.550. The minimum absolute atomic E-state index is 0.121. The molecule has 2 aliphatic rings. The zero-order valence-electron chi connectivity index (χ0n) is 16.7. The Morgan fingerprint density at radius 3 is 2.43 bits per heavy atom. The SMILES string of the molecule is CC(=O)Nc1ncc(CN2CCC3(CCN(Cc4ccc(C(F)(F)F)cn4)C3)C2)s1. The van der Waals surface area contributed by atoms with E-state index in [9.17, 15) is 18.0 Å². The van der Waals surface area contributed by atoms with Crippen LogP contribution >= 0.6 is 11.3 Å². The summed E-state index contributed by atoms with van der Waals surface area (Å²) in [4.78, 5) is 25.2. The summed E-state index contributed by atoms with van der Waals surface area (Å²) in [6.07, 6.45) is 0.587. The number of nitrogens with zero attached hydrogens (tertiary/aromatic N) is 4.